The van der Waals surface area contributed by atoms with Gasteiger partial charge in [0, 0.05) is 4.88 Å². The van der Waals surface area contributed by atoms with E-state index in [-0.39, 0.29) is 0 Å². The number of aryl methyl sites for hydroxylation is 2. The van der Waals surface area contributed by atoms with Crippen molar-refractivity contribution in [2.75, 3.05) is 5.73 Å². The van der Waals surface area contributed by atoms with Crippen molar-refractivity contribution in [3.8, 4) is 0 Å². The Morgan fingerprint density at radius 1 is 1.09 bits per heavy atom. The summed E-state index contributed by atoms with van der Waals surface area (Å²) in [7, 11) is 0. The van der Waals surface area contributed by atoms with Gasteiger partial charge in [0.2, 0.25) is 0 Å². The van der Waals surface area contributed by atoms with Gasteiger partial charge in [0.25, 0.3) is 0 Å². The lowest BCUT2D eigenvalue weighted by Gasteiger charge is -2.02. The molecule has 3 heterocycles. The molecule has 0 spiro atoms. The Balaban J connectivity index is 1.62. The maximum Gasteiger partial charge on any atom is 0.151 e. The van der Waals surface area contributed by atoms with E-state index >= 15 is 0 Å². The van der Waals surface area contributed by atoms with Crippen LogP contribution in [0, 0.1) is 13.8 Å². The molecule has 2 N–H and O–H groups in total. The molecule has 0 unspecified atom stereocenters. The van der Waals surface area contributed by atoms with Gasteiger partial charge in [0.1, 0.15) is 16.5 Å². The molecule has 0 fully saturated rings. The highest BCUT2D eigenvalue weighted by molar-refractivity contribution is 8.00. The fourth-order valence-electron chi connectivity index (χ4n) is 2.43. The van der Waals surface area contributed by atoms with E-state index in [0.29, 0.717) is 11.6 Å². The van der Waals surface area contributed by atoms with Crippen molar-refractivity contribution in [2.24, 2.45) is 0 Å². The highest BCUT2D eigenvalue weighted by Gasteiger charge is 2.13. The van der Waals surface area contributed by atoms with Crippen molar-refractivity contribution >= 4 is 60.7 Å². The maximum atomic E-state index is 6.13. The SMILES string of the molecule is Cc1sc2nc(CSc3nc4ccccc4s3)nc(N)c2c1C. The number of thiophene rings is 1. The predicted octanol–water partition coefficient (Wildman–Crippen LogP) is 4.79. The Kier molecular flexibility index (Phi) is 3.71. The number of thioether (sulfide) groups is 1. The molecule has 0 amide bonds. The Morgan fingerprint density at radius 2 is 1.91 bits per heavy atom. The van der Waals surface area contributed by atoms with Crippen LogP contribution in [-0.4, -0.2) is 15.0 Å². The summed E-state index contributed by atoms with van der Waals surface area (Å²) in [4.78, 5) is 16.0. The fourth-order valence-corrected chi connectivity index (χ4v) is 5.41. The zero-order valence-corrected chi connectivity index (χ0v) is 15.1. The summed E-state index contributed by atoms with van der Waals surface area (Å²) in [6.45, 7) is 4.17. The van der Waals surface area contributed by atoms with Crippen molar-refractivity contribution in [3.05, 3.63) is 40.5 Å². The molecule has 0 radical (unpaired) electrons. The van der Waals surface area contributed by atoms with Crippen molar-refractivity contribution in [2.45, 2.75) is 23.9 Å². The molecule has 4 aromatic rings. The van der Waals surface area contributed by atoms with Gasteiger partial charge in [-0.3, -0.25) is 0 Å². The zero-order chi connectivity index (χ0) is 16.0. The van der Waals surface area contributed by atoms with E-state index in [9.17, 15) is 0 Å². The molecule has 116 valence electrons. The van der Waals surface area contributed by atoms with Gasteiger partial charge in [0.15, 0.2) is 4.34 Å². The largest absolute Gasteiger partial charge is 0.383 e. The normalized spacial score (nSPS) is 11.6. The number of thiazole rings is 1. The number of benzene rings is 1. The molecule has 0 atom stereocenters. The Hall–Kier alpha value is -1.70. The second-order valence-corrected chi connectivity index (χ2v) is 8.68. The van der Waals surface area contributed by atoms with Crippen molar-refractivity contribution in [1.82, 2.24) is 15.0 Å². The number of para-hydroxylation sites is 1. The van der Waals surface area contributed by atoms with Crippen LogP contribution in [-0.2, 0) is 5.75 Å². The summed E-state index contributed by atoms with van der Waals surface area (Å²) >= 11 is 5.04. The van der Waals surface area contributed by atoms with Crippen LogP contribution in [0.25, 0.3) is 20.4 Å². The molecule has 1 aromatic carbocycles. The number of aromatic nitrogens is 3. The van der Waals surface area contributed by atoms with Crippen LogP contribution < -0.4 is 5.73 Å². The third-order valence-electron chi connectivity index (χ3n) is 3.70. The minimum atomic E-state index is 0.580. The van der Waals surface area contributed by atoms with E-state index in [4.69, 9.17) is 5.73 Å². The Bertz CT molecular complexity index is 986. The van der Waals surface area contributed by atoms with Crippen LogP contribution >= 0.6 is 34.4 Å². The molecule has 0 bridgehead atoms. The topological polar surface area (TPSA) is 64.7 Å². The molecular formula is C16H14N4S3. The van der Waals surface area contributed by atoms with Gasteiger partial charge in [0.05, 0.1) is 21.4 Å². The molecule has 4 nitrogen and oxygen atoms in total. The highest BCUT2D eigenvalue weighted by atomic mass is 32.2. The van der Waals surface area contributed by atoms with Gasteiger partial charge in [-0.05, 0) is 31.5 Å². The molecule has 0 aliphatic carbocycles. The number of nitrogens with zero attached hydrogens (tertiary/aromatic N) is 3. The minimum Gasteiger partial charge on any atom is -0.383 e. The molecular weight excluding hydrogens is 344 g/mol. The monoisotopic (exact) mass is 358 g/mol. The molecule has 0 saturated carbocycles. The van der Waals surface area contributed by atoms with Crippen molar-refractivity contribution < 1.29 is 0 Å². The first-order valence-corrected chi connectivity index (χ1v) is 9.74. The lowest BCUT2D eigenvalue weighted by atomic mass is 10.2. The van der Waals surface area contributed by atoms with Gasteiger partial charge in [-0.1, -0.05) is 23.9 Å². The number of hydrogen-bond acceptors (Lipinski definition) is 7. The highest BCUT2D eigenvalue weighted by Crippen LogP contribution is 2.34. The van der Waals surface area contributed by atoms with E-state index in [1.54, 1.807) is 34.4 Å². The van der Waals surface area contributed by atoms with Gasteiger partial charge in [-0.15, -0.1) is 22.7 Å². The van der Waals surface area contributed by atoms with Crippen LogP contribution in [0.2, 0.25) is 0 Å². The number of rotatable bonds is 3. The number of hydrogen-bond donors (Lipinski definition) is 1. The summed E-state index contributed by atoms with van der Waals surface area (Å²) in [5.41, 5.74) is 8.36. The average Bonchev–Trinajstić information content (AvgIpc) is 3.06. The third kappa shape index (κ3) is 2.69. The Labute approximate surface area is 145 Å². The average molecular weight is 359 g/mol. The fraction of sp³-hybridized carbons (Fsp3) is 0.188. The van der Waals surface area contributed by atoms with Crippen LogP contribution in [0.15, 0.2) is 28.6 Å². The molecule has 7 heteroatoms. The lowest BCUT2D eigenvalue weighted by molar-refractivity contribution is 1.08. The van der Waals surface area contributed by atoms with E-state index in [1.165, 1.54) is 15.1 Å². The first-order chi connectivity index (χ1) is 11.1. The zero-order valence-electron chi connectivity index (χ0n) is 12.7. The summed E-state index contributed by atoms with van der Waals surface area (Å²) in [6.07, 6.45) is 0. The predicted molar refractivity (Wildman–Crippen MR) is 100 cm³/mol. The summed E-state index contributed by atoms with van der Waals surface area (Å²) in [5, 5.41) is 1.00. The van der Waals surface area contributed by atoms with Crippen LogP contribution in [0.1, 0.15) is 16.3 Å². The smallest absolute Gasteiger partial charge is 0.151 e. The number of nitrogen functional groups attached to an aromatic ring is 1. The molecule has 0 aliphatic heterocycles. The second kappa shape index (κ2) is 5.74. The molecule has 3 aromatic heterocycles. The van der Waals surface area contributed by atoms with Crippen molar-refractivity contribution in [3.63, 3.8) is 0 Å². The summed E-state index contributed by atoms with van der Waals surface area (Å²) in [6, 6.07) is 8.17. The van der Waals surface area contributed by atoms with Crippen LogP contribution in [0.5, 0.6) is 0 Å². The molecule has 0 aliphatic rings. The van der Waals surface area contributed by atoms with Gasteiger partial charge in [-0.2, -0.15) is 0 Å². The lowest BCUT2D eigenvalue weighted by Crippen LogP contribution is -1.99. The maximum absolute atomic E-state index is 6.13. The first-order valence-electron chi connectivity index (χ1n) is 7.12. The first kappa shape index (κ1) is 14.9. The van der Waals surface area contributed by atoms with Gasteiger partial charge in [-0.25, -0.2) is 15.0 Å². The second-order valence-electron chi connectivity index (χ2n) is 5.22. The van der Waals surface area contributed by atoms with E-state index in [2.05, 4.69) is 34.9 Å². The molecule has 4 rings (SSSR count). The number of anilines is 1. The van der Waals surface area contributed by atoms with Crippen LogP contribution in [0.3, 0.4) is 0 Å². The molecule has 23 heavy (non-hydrogen) atoms. The van der Waals surface area contributed by atoms with E-state index in [0.717, 1.165) is 25.9 Å². The molecule has 0 saturated heterocycles. The van der Waals surface area contributed by atoms with Crippen molar-refractivity contribution in [1.29, 1.82) is 0 Å². The third-order valence-corrected chi connectivity index (χ3v) is 6.98. The number of fused-ring (bicyclic) bond motifs is 2. The van der Waals surface area contributed by atoms with Crippen LogP contribution in [0.4, 0.5) is 5.82 Å². The van der Waals surface area contributed by atoms with E-state index < -0.39 is 0 Å². The summed E-state index contributed by atoms with van der Waals surface area (Å²) in [5.74, 6) is 2.02. The minimum absolute atomic E-state index is 0.580. The standard InChI is InChI=1S/C16H14N4S3/c1-8-9(2)22-15-13(8)14(17)19-12(20-15)7-21-16-18-10-5-3-4-6-11(10)23-16/h3-6H,7H2,1-2H3,(H2,17,19,20). The van der Waals surface area contributed by atoms with Gasteiger partial charge >= 0.3 is 0 Å². The van der Waals surface area contributed by atoms with Gasteiger partial charge < -0.3 is 5.73 Å². The Morgan fingerprint density at radius 3 is 2.74 bits per heavy atom. The number of nitrogens with two attached hydrogens (primary N) is 1. The van der Waals surface area contributed by atoms with E-state index in [1.807, 2.05) is 18.2 Å². The summed E-state index contributed by atoms with van der Waals surface area (Å²) < 4.78 is 2.24. The quantitative estimate of drug-likeness (QED) is 0.533.